The van der Waals surface area contributed by atoms with Crippen LogP contribution in [0.2, 0.25) is 0 Å². The van der Waals surface area contributed by atoms with Gasteiger partial charge in [-0.2, -0.15) is 0 Å². The molecule has 0 unspecified atom stereocenters. The molecule has 2 nitrogen and oxygen atoms in total. The van der Waals surface area contributed by atoms with Crippen molar-refractivity contribution in [2.24, 2.45) is 4.99 Å². The Morgan fingerprint density at radius 3 is 2.30 bits per heavy atom. The molecule has 192 valence electrons. The van der Waals surface area contributed by atoms with Crippen LogP contribution in [0.1, 0.15) is 37.5 Å². The Bertz CT molecular complexity index is 2060. The molecule has 0 amide bonds. The normalized spacial score (nSPS) is 14.2. The zero-order valence-electron chi connectivity index (χ0n) is 23.1. The maximum atomic E-state index is 5.37. The molecule has 5 aromatic carbocycles. The molecule has 0 fully saturated rings. The summed E-state index contributed by atoms with van der Waals surface area (Å²) in [4.78, 5) is 9.32. The van der Waals surface area contributed by atoms with E-state index in [-0.39, 0.29) is 5.41 Å². The molecular weight excluding hydrogens is 484 g/mol. The molecule has 0 saturated carbocycles. The molecular formula is C38H30N2. The standard InChI is InChI=1S/C38H30N2/c1-5-24(22-23-39-4)26-19-20-30(29-15-9-8-14-28(26)29)35-34-27-13-7-6-12-25(27)18-21-33(34)40-37-31-16-10-11-17-32(31)38(2,3)36(35)37/h5-23H,4H2,1-3H3/b23-22-,24-5+. The maximum absolute atomic E-state index is 5.37. The third-order valence-electron chi connectivity index (χ3n) is 8.53. The van der Waals surface area contributed by atoms with Gasteiger partial charge in [0.05, 0.1) is 11.2 Å². The van der Waals surface area contributed by atoms with E-state index in [1.54, 1.807) is 6.20 Å². The van der Waals surface area contributed by atoms with Crippen LogP contribution in [-0.2, 0) is 5.41 Å². The monoisotopic (exact) mass is 514 g/mol. The van der Waals surface area contributed by atoms with Gasteiger partial charge in [-0.25, -0.2) is 4.98 Å². The van der Waals surface area contributed by atoms with Crippen molar-refractivity contribution in [2.45, 2.75) is 26.2 Å². The van der Waals surface area contributed by atoms with E-state index in [0.29, 0.717) is 0 Å². The minimum Gasteiger partial charge on any atom is -0.272 e. The van der Waals surface area contributed by atoms with Crippen molar-refractivity contribution in [1.29, 1.82) is 0 Å². The topological polar surface area (TPSA) is 25.2 Å². The van der Waals surface area contributed by atoms with Crippen LogP contribution in [-0.4, -0.2) is 11.7 Å². The number of rotatable bonds is 4. The fourth-order valence-corrected chi connectivity index (χ4v) is 6.72. The first kappa shape index (κ1) is 24.2. The van der Waals surface area contributed by atoms with E-state index in [1.165, 1.54) is 60.3 Å². The summed E-state index contributed by atoms with van der Waals surface area (Å²) in [5.41, 5.74) is 10.6. The minimum absolute atomic E-state index is 0.202. The lowest BCUT2D eigenvalue weighted by atomic mass is 9.77. The molecule has 0 aliphatic heterocycles. The minimum atomic E-state index is -0.202. The van der Waals surface area contributed by atoms with Gasteiger partial charge in [0.15, 0.2) is 0 Å². The second kappa shape index (κ2) is 9.14. The van der Waals surface area contributed by atoms with Crippen molar-refractivity contribution < 1.29 is 0 Å². The van der Waals surface area contributed by atoms with Gasteiger partial charge in [0.25, 0.3) is 0 Å². The van der Waals surface area contributed by atoms with Crippen molar-refractivity contribution >= 4 is 44.7 Å². The number of aromatic nitrogens is 1. The summed E-state index contributed by atoms with van der Waals surface area (Å²) >= 11 is 0. The molecule has 0 spiro atoms. The number of hydrogen-bond acceptors (Lipinski definition) is 2. The molecule has 1 aliphatic carbocycles. The number of benzene rings is 5. The van der Waals surface area contributed by atoms with Crippen LogP contribution in [0, 0.1) is 0 Å². The van der Waals surface area contributed by atoms with E-state index in [0.717, 1.165) is 16.8 Å². The van der Waals surface area contributed by atoms with Crippen LogP contribution < -0.4 is 0 Å². The summed E-state index contributed by atoms with van der Waals surface area (Å²) in [6, 6.07) is 35.2. The van der Waals surface area contributed by atoms with Crippen LogP contribution >= 0.6 is 0 Å². The van der Waals surface area contributed by atoms with Gasteiger partial charge in [-0.15, -0.1) is 0 Å². The van der Waals surface area contributed by atoms with E-state index in [2.05, 4.69) is 136 Å². The SMILES string of the molecule is C=N/C=C\C(=C/C)c1ccc(-c2c3c(nc4ccc5ccccc5c24)-c2ccccc2C3(C)C)c2ccccc12. The lowest BCUT2D eigenvalue weighted by Gasteiger charge is -2.26. The average molecular weight is 515 g/mol. The molecule has 2 heteroatoms. The fourth-order valence-electron chi connectivity index (χ4n) is 6.72. The molecule has 0 bridgehead atoms. The number of hydrogen-bond donors (Lipinski definition) is 0. The zero-order valence-corrected chi connectivity index (χ0v) is 23.1. The molecule has 0 saturated heterocycles. The number of pyridine rings is 1. The number of allylic oxidation sites excluding steroid dienone is 3. The summed E-state index contributed by atoms with van der Waals surface area (Å²) < 4.78 is 0. The Hall–Kier alpha value is -4.82. The molecule has 40 heavy (non-hydrogen) atoms. The molecule has 6 aromatic rings. The Morgan fingerprint density at radius 1 is 0.775 bits per heavy atom. The Morgan fingerprint density at radius 2 is 1.50 bits per heavy atom. The summed E-state index contributed by atoms with van der Waals surface area (Å²) in [5.74, 6) is 0. The molecule has 1 heterocycles. The number of nitrogens with zero attached hydrogens (tertiary/aromatic N) is 2. The van der Waals surface area contributed by atoms with Crippen molar-refractivity contribution in [3.05, 3.63) is 132 Å². The summed E-state index contributed by atoms with van der Waals surface area (Å²) in [6.07, 6.45) is 5.92. The van der Waals surface area contributed by atoms with Gasteiger partial charge in [-0.1, -0.05) is 111 Å². The van der Waals surface area contributed by atoms with Crippen molar-refractivity contribution in [2.75, 3.05) is 0 Å². The van der Waals surface area contributed by atoms with Crippen LogP contribution in [0.3, 0.4) is 0 Å². The molecule has 0 N–H and O–H groups in total. The Balaban J connectivity index is 1.67. The second-order valence-corrected chi connectivity index (χ2v) is 11.0. The van der Waals surface area contributed by atoms with Crippen LogP contribution in [0.15, 0.2) is 120 Å². The molecule has 1 aliphatic rings. The Labute approximate surface area is 235 Å². The van der Waals surface area contributed by atoms with Crippen LogP contribution in [0.25, 0.3) is 60.4 Å². The highest BCUT2D eigenvalue weighted by molar-refractivity contribution is 6.19. The van der Waals surface area contributed by atoms with Gasteiger partial charge >= 0.3 is 0 Å². The Kier molecular flexibility index (Phi) is 5.54. The van der Waals surface area contributed by atoms with Crippen molar-refractivity contribution in [1.82, 2.24) is 4.98 Å². The third-order valence-corrected chi connectivity index (χ3v) is 8.53. The number of fused-ring (bicyclic) bond motifs is 7. The van der Waals surface area contributed by atoms with Crippen LogP contribution in [0.5, 0.6) is 0 Å². The van der Waals surface area contributed by atoms with E-state index >= 15 is 0 Å². The van der Waals surface area contributed by atoms with Crippen molar-refractivity contribution in [3.63, 3.8) is 0 Å². The smallest absolute Gasteiger partial charge is 0.0759 e. The van der Waals surface area contributed by atoms with Crippen molar-refractivity contribution in [3.8, 4) is 22.4 Å². The molecule has 0 radical (unpaired) electrons. The van der Waals surface area contributed by atoms with Gasteiger partial charge in [-0.05, 0) is 80.7 Å². The zero-order chi connectivity index (χ0) is 27.4. The lowest BCUT2D eigenvalue weighted by Crippen LogP contribution is -2.17. The number of aliphatic imine (C=N–C) groups is 1. The van der Waals surface area contributed by atoms with E-state index in [1.807, 2.05) is 6.08 Å². The molecule has 7 rings (SSSR count). The summed E-state index contributed by atoms with van der Waals surface area (Å²) in [7, 11) is 0. The summed E-state index contributed by atoms with van der Waals surface area (Å²) in [6.45, 7) is 10.4. The van der Waals surface area contributed by atoms with Gasteiger partial charge in [0, 0.05) is 22.6 Å². The highest BCUT2D eigenvalue weighted by Crippen LogP contribution is 2.54. The molecule has 0 atom stereocenters. The largest absolute Gasteiger partial charge is 0.272 e. The highest BCUT2D eigenvalue weighted by Gasteiger charge is 2.40. The molecule has 1 aromatic heterocycles. The van der Waals surface area contributed by atoms with E-state index in [9.17, 15) is 0 Å². The van der Waals surface area contributed by atoms with E-state index in [4.69, 9.17) is 4.98 Å². The first-order valence-electron chi connectivity index (χ1n) is 13.8. The summed E-state index contributed by atoms with van der Waals surface area (Å²) in [5, 5.41) is 6.13. The first-order chi connectivity index (χ1) is 19.5. The second-order valence-electron chi connectivity index (χ2n) is 11.0. The predicted molar refractivity (Wildman–Crippen MR) is 172 cm³/mol. The first-order valence-corrected chi connectivity index (χ1v) is 13.8. The van der Waals surface area contributed by atoms with Gasteiger partial charge < -0.3 is 0 Å². The van der Waals surface area contributed by atoms with Gasteiger partial charge in [-0.3, -0.25) is 4.99 Å². The quantitative estimate of drug-likeness (QED) is 0.130. The average Bonchev–Trinajstić information content (AvgIpc) is 3.22. The van der Waals surface area contributed by atoms with Crippen LogP contribution in [0.4, 0.5) is 0 Å². The van der Waals surface area contributed by atoms with Gasteiger partial charge in [0.1, 0.15) is 0 Å². The maximum Gasteiger partial charge on any atom is 0.0759 e. The third kappa shape index (κ3) is 3.42. The van der Waals surface area contributed by atoms with Gasteiger partial charge in [0.2, 0.25) is 0 Å². The van der Waals surface area contributed by atoms with E-state index < -0.39 is 0 Å². The fraction of sp³-hybridized carbons (Fsp3) is 0.105. The lowest BCUT2D eigenvalue weighted by molar-refractivity contribution is 0.662. The predicted octanol–water partition coefficient (Wildman–Crippen LogP) is 10.1. The highest BCUT2D eigenvalue weighted by atomic mass is 14.7.